The minimum Gasteiger partial charge on any atom is -0.384 e. The molecule has 1 aromatic heterocycles. The Bertz CT molecular complexity index is 333. The van der Waals surface area contributed by atoms with Gasteiger partial charge in [0.2, 0.25) is 0 Å². The second-order valence-corrected chi connectivity index (χ2v) is 4.56. The maximum atomic E-state index is 5.72. The molecule has 0 bridgehead atoms. The van der Waals surface area contributed by atoms with Gasteiger partial charge in [-0.25, -0.2) is 9.97 Å². The third-order valence-electron chi connectivity index (χ3n) is 3.16. The van der Waals surface area contributed by atoms with E-state index in [4.69, 9.17) is 5.73 Å². The Morgan fingerprint density at radius 2 is 1.87 bits per heavy atom. The highest BCUT2D eigenvalue weighted by Crippen LogP contribution is 2.26. The van der Waals surface area contributed by atoms with E-state index in [1.54, 1.807) is 0 Å². The molecule has 0 aromatic carbocycles. The third-order valence-corrected chi connectivity index (χ3v) is 3.16. The van der Waals surface area contributed by atoms with Gasteiger partial charge in [-0.3, -0.25) is 0 Å². The molecule has 1 fully saturated rings. The molecule has 2 unspecified atom stereocenters. The van der Waals surface area contributed by atoms with Gasteiger partial charge >= 0.3 is 0 Å². The molecule has 1 saturated heterocycles. The predicted octanol–water partition coefficient (Wildman–Crippen LogP) is 1.46. The van der Waals surface area contributed by atoms with Crippen LogP contribution in [0.4, 0.5) is 11.6 Å². The van der Waals surface area contributed by atoms with Crippen LogP contribution in [-0.4, -0.2) is 23.1 Å². The summed E-state index contributed by atoms with van der Waals surface area (Å²) in [7, 11) is 0. The molecule has 0 spiro atoms. The van der Waals surface area contributed by atoms with E-state index >= 15 is 0 Å². The Kier molecular flexibility index (Phi) is 2.50. The fourth-order valence-corrected chi connectivity index (χ4v) is 2.05. The van der Waals surface area contributed by atoms with Crippen molar-refractivity contribution in [2.45, 2.75) is 20.8 Å². The first-order valence-corrected chi connectivity index (χ1v) is 5.42. The summed E-state index contributed by atoms with van der Waals surface area (Å²) < 4.78 is 0. The largest absolute Gasteiger partial charge is 0.384 e. The molecular weight excluding hydrogens is 188 g/mol. The second-order valence-electron chi connectivity index (χ2n) is 4.56. The molecule has 1 aliphatic rings. The van der Waals surface area contributed by atoms with Gasteiger partial charge in [0, 0.05) is 19.2 Å². The van der Waals surface area contributed by atoms with Crippen LogP contribution in [0.2, 0.25) is 0 Å². The minimum atomic E-state index is 0.560. The van der Waals surface area contributed by atoms with Crippen LogP contribution in [0.3, 0.4) is 0 Å². The highest BCUT2D eigenvalue weighted by molar-refractivity contribution is 5.47. The molecule has 1 aromatic rings. The van der Waals surface area contributed by atoms with Crippen molar-refractivity contribution < 1.29 is 0 Å². The summed E-state index contributed by atoms with van der Waals surface area (Å²) in [4.78, 5) is 10.8. The predicted molar refractivity (Wildman–Crippen MR) is 61.7 cm³/mol. The Labute approximate surface area is 90.5 Å². The van der Waals surface area contributed by atoms with Crippen molar-refractivity contribution in [1.29, 1.82) is 0 Å². The van der Waals surface area contributed by atoms with Crippen LogP contribution in [0, 0.1) is 18.8 Å². The maximum absolute atomic E-state index is 5.72. The van der Waals surface area contributed by atoms with E-state index in [1.807, 2.05) is 13.0 Å². The lowest BCUT2D eigenvalue weighted by atomic mass is 10.0. The third kappa shape index (κ3) is 2.03. The average molecular weight is 206 g/mol. The Hall–Kier alpha value is -1.32. The first-order chi connectivity index (χ1) is 7.06. The van der Waals surface area contributed by atoms with E-state index < -0.39 is 0 Å². The van der Waals surface area contributed by atoms with Crippen molar-refractivity contribution in [3.63, 3.8) is 0 Å². The maximum Gasteiger partial charge on any atom is 0.134 e. The van der Waals surface area contributed by atoms with E-state index in [-0.39, 0.29) is 0 Å². The lowest BCUT2D eigenvalue weighted by molar-refractivity contribution is 0.494. The first-order valence-electron chi connectivity index (χ1n) is 5.42. The summed E-state index contributed by atoms with van der Waals surface area (Å²) in [6.45, 7) is 8.57. The number of nitrogens with two attached hydrogens (primary N) is 1. The molecule has 4 heteroatoms. The summed E-state index contributed by atoms with van der Waals surface area (Å²) >= 11 is 0. The van der Waals surface area contributed by atoms with Gasteiger partial charge in [-0.15, -0.1) is 0 Å². The topological polar surface area (TPSA) is 55.0 Å². The molecule has 0 radical (unpaired) electrons. The monoisotopic (exact) mass is 206 g/mol. The number of rotatable bonds is 1. The van der Waals surface area contributed by atoms with E-state index in [9.17, 15) is 0 Å². The second kappa shape index (κ2) is 3.68. The van der Waals surface area contributed by atoms with Crippen molar-refractivity contribution >= 4 is 11.6 Å². The fourth-order valence-electron chi connectivity index (χ4n) is 2.05. The molecule has 0 saturated carbocycles. The zero-order valence-corrected chi connectivity index (χ0v) is 9.57. The number of hydrogen-bond acceptors (Lipinski definition) is 4. The van der Waals surface area contributed by atoms with Crippen LogP contribution in [0.1, 0.15) is 19.7 Å². The Morgan fingerprint density at radius 1 is 1.27 bits per heavy atom. The van der Waals surface area contributed by atoms with E-state index in [0.717, 1.165) is 36.6 Å². The normalized spacial score (nSPS) is 25.9. The lowest BCUT2D eigenvalue weighted by Gasteiger charge is -2.17. The molecule has 2 rings (SSSR count). The summed E-state index contributed by atoms with van der Waals surface area (Å²) in [6.07, 6.45) is 0. The zero-order chi connectivity index (χ0) is 11.0. The number of nitrogen functional groups attached to an aromatic ring is 1. The molecular formula is C11H18N4. The van der Waals surface area contributed by atoms with Gasteiger partial charge in [-0.2, -0.15) is 0 Å². The number of nitrogens with zero attached hydrogens (tertiary/aromatic N) is 3. The molecule has 4 nitrogen and oxygen atoms in total. The van der Waals surface area contributed by atoms with Gasteiger partial charge < -0.3 is 10.6 Å². The summed E-state index contributed by atoms with van der Waals surface area (Å²) in [6, 6.07) is 1.86. The van der Waals surface area contributed by atoms with Gasteiger partial charge in [0.25, 0.3) is 0 Å². The van der Waals surface area contributed by atoms with Crippen molar-refractivity contribution in [1.82, 2.24) is 9.97 Å². The average Bonchev–Trinajstić information content (AvgIpc) is 2.45. The van der Waals surface area contributed by atoms with Crippen molar-refractivity contribution in [2.24, 2.45) is 11.8 Å². The van der Waals surface area contributed by atoms with E-state index in [2.05, 4.69) is 28.7 Å². The number of anilines is 2. The van der Waals surface area contributed by atoms with Crippen LogP contribution in [0.25, 0.3) is 0 Å². The quantitative estimate of drug-likeness (QED) is 0.755. The standard InChI is InChI=1S/C11H18N4/c1-7-5-15(6-8(7)2)11-4-10(12)13-9(3)14-11/h4,7-8H,5-6H2,1-3H3,(H2,12,13,14). The molecule has 2 N–H and O–H groups in total. The molecule has 15 heavy (non-hydrogen) atoms. The first kappa shape index (κ1) is 10.2. The minimum absolute atomic E-state index is 0.560. The molecule has 82 valence electrons. The molecule has 0 aliphatic carbocycles. The Balaban J connectivity index is 2.23. The SMILES string of the molecule is Cc1nc(N)cc(N2CC(C)C(C)C2)n1. The smallest absolute Gasteiger partial charge is 0.134 e. The van der Waals surface area contributed by atoms with Gasteiger partial charge in [0.1, 0.15) is 17.5 Å². The molecule has 0 amide bonds. The van der Waals surface area contributed by atoms with Crippen LogP contribution in [0.5, 0.6) is 0 Å². The van der Waals surface area contributed by atoms with Gasteiger partial charge in [0.05, 0.1) is 0 Å². The number of aryl methyl sites for hydroxylation is 1. The van der Waals surface area contributed by atoms with Gasteiger partial charge in [-0.1, -0.05) is 13.8 Å². The van der Waals surface area contributed by atoms with E-state index in [0.29, 0.717) is 5.82 Å². The van der Waals surface area contributed by atoms with Crippen LogP contribution in [0.15, 0.2) is 6.07 Å². The van der Waals surface area contributed by atoms with Crippen LogP contribution < -0.4 is 10.6 Å². The molecule has 2 atom stereocenters. The highest BCUT2D eigenvalue weighted by atomic mass is 15.2. The van der Waals surface area contributed by atoms with Gasteiger partial charge in [0.15, 0.2) is 0 Å². The summed E-state index contributed by atoms with van der Waals surface area (Å²) in [5.41, 5.74) is 5.72. The summed E-state index contributed by atoms with van der Waals surface area (Å²) in [5.74, 6) is 3.72. The van der Waals surface area contributed by atoms with Crippen molar-refractivity contribution in [3.05, 3.63) is 11.9 Å². The van der Waals surface area contributed by atoms with E-state index in [1.165, 1.54) is 0 Å². The van der Waals surface area contributed by atoms with Crippen LogP contribution >= 0.6 is 0 Å². The molecule has 1 aliphatic heterocycles. The zero-order valence-electron chi connectivity index (χ0n) is 9.57. The number of hydrogen-bond donors (Lipinski definition) is 1. The fraction of sp³-hybridized carbons (Fsp3) is 0.636. The Morgan fingerprint density at radius 3 is 2.40 bits per heavy atom. The van der Waals surface area contributed by atoms with Crippen LogP contribution in [-0.2, 0) is 0 Å². The lowest BCUT2D eigenvalue weighted by Crippen LogP contribution is -2.21. The molecule has 2 heterocycles. The summed E-state index contributed by atoms with van der Waals surface area (Å²) in [5, 5.41) is 0. The highest BCUT2D eigenvalue weighted by Gasteiger charge is 2.27. The number of aromatic nitrogens is 2. The van der Waals surface area contributed by atoms with Crippen molar-refractivity contribution in [2.75, 3.05) is 23.7 Å². The van der Waals surface area contributed by atoms with Crippen molar-refractivity contribution in [3.8, 4) is 0 Å². The van der Waals surface area contributed by atoms with Gasteiger partial charge in [-0.05, 0) is 18.8 Å².